The fourth-order valence-corrected chi connectivity index (χ4v) is 5.70. The molecular formula is C27H32ClFN4O2. The van der Waals surface area contributed by atoms with Gasteiger partial charge in [0.05, 0.1) is 29.9 Å². The summed E-state index contributed by atoms with van der Waals surface area (Å²) in [6.45, 7) is 9.41. The van der Waals surface area contributed by atoms with Crippen molar-refractivity contribution in [2.75, 3.05) is 32.1 Å². The molecule has 2 aromatic carbocycles. The number of methoxy groups -OCH3 is 1. The van der Waals surface area contributed by atoms with Gasteiger partial charge in [0.25, 0.3) is 0 Å². The van der Waals surface area contributed by atoms with Gasteiger partial charge >= 0.3 is 0 Å². The standard InChI is InChI=1S/C27H32ClFN4O2/c1-15(2)33-11-18-7-17(8-19(18)12-33)13-35-24-10-22-20(9-23(24)34-4)27(31-14-30-22)32-21-6-5-16(3)25(28)26(21)29/h5-6,9-10,14-15,17-19H,7-8,11-13H2,1-4H3,(H,30,31,32)/t17?,18-,19+. The van der Waals surface area contributed by atoms with Crippen LogP contribution in [0.15, 0.2) is 30.6 Å². The SMILES string of the molecule is COc1cc2c(Nc3ccc(C)c(Cl)c3F)ncnc2cc1OCC1C[C@@H]2CN(C(C)C)C[C@@H]2C1. The Morgan fingerprint density at radius 3 is 2.57 bits per heavy atom. The first-order chi connectivity index (χ1) is 16.8. The lowest BCUT2D eigenvalue weighted by Gasteiger charge is -2.22. The van der Waals surface area contributed by atoms with Crippen molar-refractivity contribution in [2.45, 2.75) is 39.7 Å². The van der Waals surface area contributed by atoms with Gasteiger partial charge in [-0.15, -0.1) is 0 Å². The molecule has 1 saturated carbocycles. The highest BCUT2D eigenvalue weighted by Gasteiger charge is 2.41. The first-order valence-electron chi connectivity index (χ1n) is 12.2. The fourth-order valence-electron chi connectivity index (χ4n) is 5.53. The molecule has 0 spiro atoms. The van der Waals surface area contributed by atoms with Crippen LogP contribution in [0.2, 0.25) is 5.02 Å². The van der Waals surface area contributed by atoms with Gasteiger partial charge in [-0.05, 0) is 69.1 Å². The van der Waals surface area contributed by atoms with Crippen LogP contribution in [0.3, 0.4) is 0 Å². The predicted octanol–water partition coefficient (Wildman–Crippen LogP) is 6.23. The molecule has 0 radical (unpaired) electrons. The molecule has 1 aliphatic heterocycles. The Kier molecular flexibility index (Phi) is 6.73. The van der Waals surface area contributed by atoms with Gasteiger partial charge in [-0.1, -0.05) is 17.7 Å². The minimum Gasteiger partial charge on any atom is -0.493 e. The van der Waals surface area contributed by atoms with Crippen LogP contribution < -0.4 is 14.8 Å². The zero-order valence-corrected chi connectivity index (χ0v) is 21.4. The highest BCUT2D eigenvalue weighted by Crippen LogP contribution is 2.43. The minimum absolute atomic E-state index is 0.0922. The van der Waals surface area contributed by atoms with E-state index in [9.17, 15) is 4.39 Å². The summed E-state index contributed by atoms with van der Waals surface area (Å²) in [4.78, 5) is 11.3. The third-order valence-corrected chi connectivity index (χ3v) is 7.99. The number of nitrogens with zero attached hydrogens (tertiary/aromatic N) is 3. The second-order valence-electron chi connectivity index (χ2n) is 10.1. The summed E-state index contributed by atoms with van der Waals surface area (Å²) in [7, 11) is 1.62. The van der Waals surface area contributed by atoms with Crippen LogP contribution in [-0.2, 0) is 0 Å². The lowest BCUT2D eigenvalue weighted by molar-refractivity contribution is 0.209. The summed E-state index contributed by atoms with van der Waals surface area (Å²) in [6.07, 6.45) is 3.88. The highest BCUT2D eigenvalue weighted by atomic mass is 35.5. The second kappa shape index (κ2) is 9.78. The molecule has 5 rings (SSSR count). The molecule has 0 bridgehead atoms. The summed E-state index contributed by atoms with van der Waals surface area (Å²) in [5.41, 5.74) is 1.62. The molecule has 1 aliphatic carbocycles. The topological polar surface area (TPSA) is 59.5 Å². The van der Waals surface area contributed by atoms with E-state index in [-0.39, 0.29) is 10.7 Å². The maximum atomic E-state index is 14.7. The molecule has 1 saturated heterocycles. The zero-order valence-electron chi connectivity index (χ0n) is 20.6. The third kappa shape index (κ3) is 4.76. The number of aromatic nitrogens is 2. The lowest BCUT2D eigenvalue weighted by Crippen LogP contribution is -2.29. The van der Waals surface area contributed by atoms with E-state index in [0.29, 0.717) is 52.3 Å². The molecule has 1 unspecified atom stereocenters. The first-order valence-corrected chi connectivity index (χ1v) is 12.6. The Labute approximate surface area is 210 Å². The first kappa shape index (κ1) is 24.1. The number of benzene rings is 2. The van der Waals surface area contributed by atoms with Crippen molar-refractivity contribution < 1.29 is 13.9 Å². The van der Waals surface area contributed by atoms with E-state index in [4.69, 9.17) is 21.1 Å². The molecule has 35 heavy (non-hydrogen) atoms. The van der Waals surface area contributed by atoms with Crippen molar-refractivity contribution in [3.05, 3.63) is 47.0 Å². The van der Waals surface area contributed by atoms with Gasteiger partial charge in [0, 0.05) is 30.6 Å². The summed E-state index contributed by atoms with van der Waals surface area (Å²) in [5.74, 6) is 3.33. The van der Waals surface area contributed by atoms with Crippen LogP contribution in [-0.4, -0.2) is 47.7 Å². The molecular weight excluding hydrogens is 467 g/mol. The van der Waals surface area contributed by atoms with Gasteiger partial charge in [-0.2, -0.15) is 0 Å². The van der Waals surface area contributed by atoms with E-state index in [0.717, 1.165) is 11.8 Å². The largest absolute Gasteiger partial charge is 0.493 e. The molecule has 6 nitrogen and oxygen atoms in total. The normalized spacial score (nSPS) is 22.1. The van der Waals surface area contributed by atoms with Crippen LogP contribution in [0, 0.1) is 30.5 Å². The maximum Gasteiger partial charge on any atom is 0.165 e. The van der Waals surface area contributed by atoms with Crippen molar-refractivity contribution in [1.82, 2.24) is 14.9 Å². The highest BCUT2D eigenvalue weighted by molar-refractivity contribution is 6.31. The van der Waals surface area contributed by atoms with E-state index in [1.807, 2.05) is 12.1 Å². The van der Waals surface area contributed by atoms with E-state index < -0.39 is 5.82 Å². The summed E-state index contributed by atoms with van der Waals surface area (Å²) in [6, 6.07) is 7.75. The smallest absolute Gasteiger partial charge is 0.165 e. The maximum absolute atomic E-state index is 14.7. The van der Waals surface area contributed by atoms with Crippen molar-refractivity contribution in [3.8, 4) is 11.5 Å². The van der Waals surface area contributed by atoms with E-state index in [1.165, 1.54) is 32.3 Å². The number of ether oxygens (including phenoxy) is 2. The summed E-state index contributed by atoms with van der Waals surface area (Å²) in [5, 5.41) is 3.85. The molecule has 2 fully saturated rings. The molecule has 1 N–H and O–H groups in total. The van der Waals surface area contributed by atoms with Gasteiger partial charge in [-0.25, -0.2) is 14.4 Å². The van der Waals surface area contributed by atoms with Crippen LogP contribution >= 0.6 is 11.6 Å². The van der Waals surface area contributed by atoms with Crippen molar-refractivity contribution in [1.29, 1.82) is 0 Å². The van der Waals surface area contributed by atoms with Crippen molar-refractivity contribution in [2.24, 2.45) is 17.8 Å². The molecule has 186 valence electrons. The second-order valence-corrected chi connectivity index (χ2v) is 10.5. The Morgan fingerprint density at radius 1 is 1.14 bits per heavy atom. The average Bonchev–Trinajstić information content (AvgIpc) is 3.42. The minimum atomic E-state index is -0.511. The number of rotatable bonds is 7. The number of aryl methyl sites for hydroxylation is 1. The van der Waals surface area contributed by atoms with E-state index >= 15 is 0 Å². The lowest BCUT2D eigenvalue weighted by atomic mass is 10.0. The number of fused-ring (bicyclic) bond motifs is 2. The quantitative estimate of drug-likeness (QED) is 0.417. The van der Waals surface area contributed by atoms with Gasteiger partial charge < -0.3 is 19.7 Å². The average molecular weight is 499 g/mol. The van der Waals surface area contributed by atoms with Gasteiger partial charge in [-0.3, -0.25) is 0 Å². The Morgan fingerprint density at radius 2 is 1.89 bits per heavy atom. The molecule has 2 heterocycles. The number of nitrogens with one attached hydrogen (secondary N) is 1. The molecule has 3 aromatic rings. The zero-order chi connectivity index (χ0) is 24.7. The predicted molar refractivity (Wildman–Crippen MR) is 137 cm³/mol. The molecule has 0 amide bonds. The molecule has 8 heteroatoms. The Hall–Kier alpha value is -2.64. The van der Waals surface area contributed by atoms with Crippen LogP contribution in [0.25, 0.3) is 10.9 Å². The number of halogens is 2. The number of hydrogen-bond donors (Lipinski definition) is 1. The summed E-state index contributed by atoms with van der Waals surface area (Å²) < 4.78 is 26.6. The fraction of sp³-hybridized carbons (Fsp3) is 0.481. The molecule has 1 aromatic heterocycles. The third-order valence-electron chi connectivity index (χ3n) is 7.53. The Balaban J connectivity index is 1.32. The number of hydrogen-bond acceptors (Lipinski definition) is 6. The van der Waals surface area contributed by atoms with Gasteiger partial charge in [0.2, 0.25) is 0 Å². The number of anilines is 2. The van der Waals surface area contributed by atoms with E-state index in [2.05, 4.69) is 34.0 Å². The van der Waals surface area contributed by atoms with Gasteiger partial charge in [0.1, 0.15) is 12.1 Å². The van der Waals surface area contributed by atoms with Gasteiger partial charge in [0.15, 0.2) is 17.3 Å². The van der Waals surface area contributed by atoms with Crippen molar-refractivity contribution in [3.63, 3.8) is 0 Å². The molecule has 3 atom stereocenters. The Bertz CT molecular complexity index is 1220. The van der Waals surface area contributed by atoms with Crippen LogP contribution in [0.5, 0.6) is 11.5 Å². The summed E-state index contributed by atoms with van der Waals surface area (Å²) >= 11 is 6.09. The van der Waals surface area contributed by atoms with Crippen LogP contribution in [0.1, 0.15) is 32.3 Å². The van der Waals surface area contributed by atoms with Crippen molar-refractivity contribution >= 4 is 34.0 Å². The number of likely N-dealkylation sites (tertiary alicyclic amines) is 1. The monoisotopic (exact) mass is 498 g/mol. The van der Waals surface area contributed by atoms with Crippen LogP contribution in [0.4, 0.5) is 15.9 Å². The van der Waals surface area contributed by atoms with E-state index in [1.54, 1.807) is 26.2 Å². The molecule has 2 aliphatic rings.